The number of ether oxygens (including phenoxy) is 1. The Morgan fingerprint density at radius 2 is 1.80 bits per heavy atom. The molecule has 1 unspecified atom stereocenters. The van der Waals surface area contributed by atoms with Gasteiger partial charge in [0.25, 0.3) is 0 Å². The molecule has 0 aliphatic heterocycles. The molecule has 0 N–H and O–H groups in total. The number of hydrogen-bond donors (Lipinski definition) is 0. The molecule has 0 aliphatic rings. The van der Waals surface area contributed by atoms with Gasteiger partial charge in [-0.25, -0.2) is 0 Å². The van der Waals surface area contributed by atoms with Crippen molar-refractivity contribution in [1.29, 1.82) is 0 Å². The summed E-state index contributed by atoms with van der Waals surface area (Å²) in [5.41, 5.74) is 5.18. The molecule has 0 heterocycles. The molecule has 0 saturated carbocycles. The van der Waals surface area contributed by atoms with E-state index < -0.39 is 0 Å². The summed E-state index contributed by atoms with van der Waals surface area (Å²) in [6.07, 6.45) is 2.21. The van der Waals surface area contributed by atoms with Crippen molar-refractivity contribution in [3.63, 3.8) is 0 Å². The van der Waals surface area contributed by atoms with Gasteiger partial charge in [-0.05, 0) is 48.4 Å². The summed E-state index contributed by atoms with van der Waals surface area (Å²) in [5.74, 6) is 0.198. The van der Waals surface area contributed by atoms with E-state index in [0.717, 1.165) is 12.8 Å². The Labute approximate surface area is 151 Å². The van der Waals surface area contributed by atoms with Crippen LogP contribution in [-0.4, -0.2) is 26.7 Å². The van der Waals surface area contributed by atoms with Gasteiger partial charge in [0, 0.05) is 26.2 Å². The summed E-state index contributed by atoms with van der Waals surface area (Å²) in [5, 5.41) is 0. The summed E-state index contributed by atoms with van der Waals surface area (Å²) < 4.78 is 5.35. The summed E-state index contributed by atoms with van der Waals surface area (Å²) >= 11 is 0. The fraction of sp³-hybridized carbons (Fsp3) is 0.409. The zero-order valence-electron chi connectivity index (χ0n) is 15.8. The topological polar surface area (TPSA) is 29.5 Å². The van der Waals surface area contributed by atoms with Crippen LogP contribution in [-0.2, 0) is 16.0 Å². The van der Waals surface area contributed by atoms with Gasteiger partial charge in [0.1, 0.15) is 0 Å². The highest BCUT2D eigenvalue weighted by Gasteiger charge is 2.17. The lowest BCUT2D eigenvalue weighted by atomic mass is 9.86. The maximum atomic E-state index is 11.5. The van der Waals surface area contributed by atoms with Crippen molar-refractivity contribution in [3.8, 4) is 0 Å². The number of carbonyl (C=O) groups excluding carboxylic acids is 1. The molecule has 25 heavy (non-hydrogen) atoms. The van der Waals surface area contributed by atoms with Crippen molar-refractivity contribution in [2.75, 3.05) is 25.6 Å². The molecule has 0 radical (unpaired) electrons. The van der Waals surface area contributed by atoms with Crippen molar-refractivity contribution in [1.82, 2.24) is 0 Å². The SMILES string of the molecule is CCC(=O)OCCC(Cc1ccccc1)c1cccc(N(C)C)c1C. The zero-order chi connectivity index (χ0) is 18.2. The van der Waals surface area contributed by atoms with Crippen LogP contribution in [0.25, 0.3) is 0 Å². The molecular formula is C22H29NO2. The standard InChI is InChI=1S/C22H29NO2/c1-5-22(24)25-15-14-19(16-18-10-7-6-8-11-18)20-12-9-13-21(17(20)2)23(3)4/h6-13,19H,5,14-16H2,1-4H3. The molecular weight excluding hydrogens is 310 g/mol. The van der Waals surface area contributed by atoms with Gasteiger partial charge >= 0.3 is 5.97 Å². The highest BCUT2D eigenvalue weighted by molar-refractivity contribution is 5.68. The molecule has 0 spiro atoms. The highest BCUT2D eigenvalue weighted by atomic mass is 16.5. The van der Waals surface area contributed by atoms with Crippen LogP contribution < -0.4 is 4.90 Å². The molecule has 0 aliphatic carbocycles. The van der Waals surface area contributed by atoms with Crippen LogP contribution in [0, 0.1) is 6.92 Å². The fourth-order valence-corrected chi connectivity index (χ4v) is 3.25. The Kier molecular flexibility index (Phi) is 7.05. The minimum atomic E-state index is -0.128. The lowest BCUT2D eigenvalue weighted by Gasteiger charge is -2.24. The molecule has 3 heteroatoms. The lowest BCUT2D eigenvalue weighted by molar-refractivity contribution is -0.143. The first-order chi connectivity index (χ1) is 12.0. The van der Waals surface area contributed by atoms with Crippen molar-refractivity contribution in [2.45, 2.75) is 39.0 Å². The molecule has 2 rings (SSSR count). The second kappa shape index (κ2) is 9.26. The van der Waals surface area contributed by atoms with Gasteiger partial charge in [0.15, 0.2) is 0 Å². The van der Waals surface area contributed by atoms with Crippen LogP contribution in [0.15, 0.2) is 48.5 Å². The van der Waals surface area contributed by atoms with E-state index in [1.807, 2.05) is 13.0 Å². The first-order valence-electron chi connectivity index (χ1n) is 8.99. The van der Waals surface area contributed by atoms with E-state index in [0.29, 0.717) is 18.9 Å². The second-order valence-electron chi connectivity index (χ2n) is 6.64. The summed E-state index contributed by atoms with van der Waals surface area (Å²) in [6.45, 7) is 4.48. The van der Waals surface area contributed by atoms with Crippen molar-refractivity contribution < 1.29 is 9.53 Å². The summed E-state index contributed by atoms with van der Waals surface area (Å²) in [6, 6.07) is 17.0. The molecule has 0 bridgehead atoms. The quantitative estimate of drug-likeness (QED) is 0.651. The number of esters is 1. The normalized spacial score (nSPS) is 11.8. The molecule has 0 saturated heterocycles. The monoisotopic (exact) mass is 339 g/mol. The largest absolute Gasteiger partial charge is 0.466 e. The fourth-order valence-electron chi connectivity index (χ4n) is 3.25. The average Bonchev–Trinajstić information content (AvgIpc) is 2.61. The number of anilines is 1. The number of benzene rings is 2. The lowest BCUT2D eigenvalue weighted by Crippen LogP contribution is -2.15. The first kappa shape index (κ1) is 19.0. The van der Waals surface area contributed by atoms with Crippen molar-refractivity contribution in [3.05, 3.63) is 65.2 Å². The van der Waals surface area contributed by atoms with Gasteiger partial charge in [-0.2, -0.15) is 0 Å². The van der Waals surface area contributed by atoms with Gasteiger partial charge < -0.3 is 9.64 Å². The average molecular weight is 339 g/mol. The van der Waals surface area contributed by atoms with Crippen LogP contribution in [0.2, 0.25) is 0 Å². The minimum absolute atomic E-state index is 0.128. The highest BCUT2D eigenvalue weighted by Crippen LogP contribution is 2.31. The molecule has 134 valence electrons. The van der Waals surface area contributed by atoms with Crippen molar-refractivity contribution >= 4 is 11.7 Å². The minimum Gasteiger partial charge on any atom is -0.466 e. The van der Waals surface area contributed by atoms with Crippen molar-refractivity contribution in [2.24, 2.45) is 0 Å². The Hall–Kier alpha value is -2.29. The maximum Gasteiger partial charge on any atom is 0.305 e. The first-order valence-corrected chi connectivity index (χ1v) is 8.99. The second-order valence-corrected chi connectivity index (χ2v) is 6.64. The van der Waals surface area contributed by atoms with E-state index >= 15 is 0 Å². The van der Waals surface area contributed by atoms with E-state index in [1.165, 1.54) is 22.4 Å². The Bertz CT molecular complexity index is 680. The van der Waals surface area contributed by atoms with E-state index in [-0.39, 0.29) is 5.97 Å². The zero-order valence-corrected chi connectivity index (χ0v) is 15.8. The Morgan fingerprint density at radius 3 is 2.44 bits per heavy atom. The Morgan fingerprint density at radius 1 is 1.08 bits per heavy atom. The van der Waals surface area contributed by atoms with Gasteiger partial charge in [-0.3, -0.25) is 4.79 Å². The predicted molar refractivity (Wildman–Crippen MR) is 104 cm³/mol. The van der Waals surface area contributed by atoms with E-state index in [4.69, 9.17) is 4.74 Å². The predicted octanol–water partition coefficient (Wildman–Crippen LogP) is 4.73. The number of rotatable bonds is 8. The number of hydrogen-bond acceptors (Lipinski definition) is 3. The van der Waals surface area contributed by atoms with Crippen LogP contribution in [0.5, 0.6) is 0 Å². The summed E-state index contributed by atoms with van der Waals surface area (Å²) in [4.78, 5) is 13.6. The molecule has 0 aromatic heterocycles. The third-order valence-corrected chi connectivity index (χ3v) is 4.61. The van der Waals surface area contributed by atoms with Crippen LogP contribution in [0.1, 0.15) is 42.4 Å². The summed E-state index contributed by atoms with van der Waals surface area (Å²) in [7, 11) is 4.14. The van der Waals surface area contributed by atoms with E-state index in [9.17, 15) is 4.79 Å². The van der Waals surface area contributed by atoms with Crippen LogP contribution >= 0.6 is 0 Å². The third-order valence-electron chi connectivity index (χ3n) is 4.61. The smallest absolute Gasteiger partial charge is 0.305 e. The van der Waals surface area contributed by atoms with E-state index in [2.05, 4.69) is 68.4 Å². The van der Waals surface area contributed by atoms with Crippen LogP contribution in [0.4, 0.5) is 5.69 Å². The van der Waals surface area contributed by atoms with E-state index in [1.54, 1.807) is 0 Å². The number of nitrogens with zero attached hydrogens (tertiary/aromatic N) is 1. The third kappa shape index (κ3) is 5.35. The molecule has 0 fully saturated rings. The Balaban J connectivity index is 2.24. The van der Waals surface area contributed by atoms with Gasteiger partial charge in [0.05, 0.1) is 6.61 Å². The number of carbonyl (C=O) groups is 1. The van der Waals surface area contributed by atoms with Gasteiger partial charge in [-0.1, -0.05) is 49.4 Å². The molecule has 3 nitrogen and oxygen atoms in total. The van der Waals surface area contributed by atoms with Gasteiger partial charge in [0.2, 0.25) is 0 Å². The maximum absolute atomic E-state index is 11.5. The van der Waals surface area contributed by atoms with Crippen LogP contribution in [0.3, 0.4) is 0 Å². The molecule has 1 atom stereocenters. The molecule has 0 amide bonds. The molecule has 2 aromatic carbocycles. The van der Waals surface area contributed by atoms with Gasteiger partial charge in [-0.15, -0.1) is 0 Å². The molecule has 2 aromatic rings.